The summed E-state index contributed by atoms with van der Waals surface area (Å²) in [6, 6.07) is 6.73. The van der Waals surface area contributed by atoms with Gasteiger partial charge in [-0.15, -0.1) is 0 Å². The molecule has 2 aliphatic rings. The van der Waals surface area contributed by atoms with Crippen molar-refractivity contribution in [3.63, 3.8) is 0 Å². The third-order valence-corrected chi connectivity index (χ3v) is 6.58. The Morgan fingerprint density at radius 1 is 1.12 bits per heavy atom. The lowest BCUT2D eigenvalue weighted by atomic mass is 9.87. The molecule has 1 aromatic carbocycles. The molecule has 34 heavy (non-hydrogen) atoms. The smallest absolute Gasteiger partial charge is 0.290 e. The van der Waals surface area contributed by atoms with Gasteiger partial charge in [0.15, 0.2) is 0 Å². The molecule has 0 aromatic heterocycles. The molecule has 4 N–H and O–H groups in total. The third-order valence-electron chi connectivity index (χ3n) is 6.58. The van der Waals surface area contributed by atoms with E-state index in [0.717, 1.165) is 25.7 Å². The molecule has 3 rings (SSSR count). The number of carbonyl (C=O) groups is 4. The highest BCUT2D eigenvalue weighted by molar-refractivity contribution is 5.93. The van der Waals surface area contributed by atoms with Crippen LogP contribution in [-0.4, -0.2) is 65.9 Å². The number of carbonyl (C=O) groups excluding carboxylic acids is 3. The lowest BCUT2D eigenvalue weighted by Crippen LogP contribution is -2.57. The van der Waals surface area contributed by atoms with Gasteiger partial charge in [0.05, 0.1) is 12.1 Å². The fourth-order valence-electron chi connectivity index (χ4n) is 4.58. The van der Waals surface area contributed by atoms with E-state index >= 15 is 0 Å². The molecular formula is C25H38N4O5. The number of nitrogens with one attached hydrogen (secondary N) is 3. The van der Waals surface area contributed by atoms with Crippen LogP contribution in [0.1, 0.15) is 63.6 Å². The van der Waals surface area contributed by atoms with Crippen molar-refractivity contribution in [2.75, 3.05) is 13.6 Å². The molecule has 0 radical (unpaired) electrons. The quantitative estimate of drug-likeness (QED) is 0.445. The zero-order valence-corrected chi connectivity index (χ0v) is 20.5. The molecule has 4 atom stereocenters. The normalized spacial score (nSPS) is 20.9. The van der Waals surface area contributed by atoms with Gasteiger partial charge < -0.3 is 26.0 Å². The Balaban J connectivity index is 0.00000129. The fourth-order valence-corrected chi connectivity index (χ4v) is 4.58. The maximum Gasteiger partial charge on any atom is 0.290 e. The molecule has 9 heteroatoms. The van der Waals surface area contributed by atoms with Crippen LogP contribution >= 0.6 is 0 Å². The number of benzene rings is 1. The van der Waals surface area contributed by atoms with Crippen LogP contribution in [0.3, 0.4) is 0 Å². The van der Waals surface area contributed by atoms with Gasteiger partial charge in [-0.1, -0.05) is 38.1 Å². The molecule has 1 aromatic rings. The van der Waals surface area contributed by atoms with Gasteiger partial charge in [-0.25, -0.2) is 0 Å². The molecule has 188 valence electrons. The molecule has 1 fully saturated rings. The van der Waals surface area contributed by atoms with Gasteiger partial charge in [0.1, 0.15) is 12.1 Å². The molecule has 0 bridgehead atoms. The number of carboxylic acid groups (broad SMARTS) is 1. The minimum atomic E-state index is -0.646. The van der Waals surface area contributed by atoms with Gasteiger partial charge in [0.2, 0.25) is 17.7 Å². The summed E-state index contributed by atoms with van der Waals surface area (Å²) in [5.41, 5.74) is 2.48. The molecular weight excluding hydrogens is 436 g/mol. The van der Waals surface area contributed by atoms with Gasteiger partial charge in [0, 0.05) is 6.54 Å². The van der Waals surface area contributed by atoms with E-state index in [1.165, 1.54) is 11.1 Å². The summed E-state index contributed by atoms with van der Waals surface area (Å²) >= 11 is 0. The van der Waals surface area contributed by atoms with Crippen molar-refractivity contribution in [3.8, 4) is 0 Å². The Morgan fingerprint density at radius 2 is 1.79 bits per heavy atom. The number of amides is 3. The molecule has 0 spiro atoms. The summed E-state index contributed by atoms with van der Waals surface area (Å²) in [6.07, 6.45) is 4.43. The third kappa shape index (κ3) is 6.79. The molecule has 1 saturated heterocycles. The second kappa shape index (κ2) is 13.1. The van der Waals surface area contributed by atoms with Gasteiger partial charge >= 0.3 is 0 Å². The number of likely N-dealkylation sites (N-methyl/N-ethyl adjacent to an activating group) is 1. The first-order chi connectivity index (χ1) is 16.2. The van der Waals surface area contributed by atoms with Crippen LogP contribution in [0.4, 0.5) is 0 Å². The van der Waals surface area contributed by atoms with Crippen molar-refractivity contribution < 1.29 is 24.3 Å². The van der Waals surface area contributed by atoms with Gasteiger partial charge in [-0.05, 0) is 63.1 Å². The number of nitrogens with zero attached hydrogens (tertiary/aromatic N) is 1. The number of rotatable bonds is 7. The summed E-state index contributed by atoms with van der Waals surface area (Å²) in [7, 11) is 1.71. The zero-order chi connectivity index (χ0) is 25.3. The summed E-state index contributed by atoms with van der Waals surface area (Å²) in [6.45, 7) is 5.87. The maximum atomic E-state index is 13.3. The standard InChI is InChI=1S/C24H36N4O3.CH2O2/c1-15(2)21(27-22(29)16(3)25-4)24(31)28-14-8-13-20(28)23(30)26-19-12-7-10-17-9-5-6-11-18(17)19;2-1-3/h5-6,9,11,15-16,19-21,25H,7-8,10,12-14H2,1-4H3,(H,26,30)(H,27,29);1H,(H,2,3)/t16-,19?,20-,21-;/m0./s1. The summed E-state index contributed by atoms with van der Waals surface area (Å²) < 4.78 is 0. The summed E-state index contributed by atoms with van der Waals surface area (Å²) in [5, 5.41) is 15.9. The first kappa shape index (κ1) is 27.3. The SMILES string of the molecule is CN[C@@H](C)C(=O)N[C@H](C(=O)N1CCC[C@H]1C(=O)NC1CCCc2ccccc21)C(C)C.O=CO. The Kier molecular flexibility index (Phi) is 10.5. The van der Waals surface area contributed by atoms with Crippen LogP contribution in [0.25, 0.3) is 0 Å². The summed E-state index contributed by atoms with van der Waals surface area (Å²) in [4.78, 5) is 49.0. The Bertz CT molecular complexity index is 859. The first-order valence-electron chi connectivity index (χ1n) is 12.0. The largest absolute Gasteiger partial charge is 0.483 e. The van der Waals surface area contributed by atoms with Crippen molar-refractivity contribution >= 4 is 24.2 Å². The number of aryl methyl sites for hydroxylation is 1. The first-order valence-corrected chi connectivity index (χ1v) is 12.0. The van der Waals surface area contributed by atoms with E-state index < -0.39 is 18.1 Å². The number of fused-ring (bicyclic) bond motifs is 1. The zero-order valence-electron chi connectivity index (χ0n) is 20.5. The highest BCUT2D eigenvalue weighted by Gasteiger charge is 2.39. The molecule has 0 saturated carbocycles. The highest BCUT2D eigenvalue weighted by Crippen LogP contribution is 2.30. The van der Waals surface area contributed by atoms with Crippen LogP contribution in [-0.2, 0) is 25.6 Å². The van der Waals surface area contributed by atoms with Crippen LogP contribution in [0.15, 0.2) is 24.3 Å². The van der Waals surface area contributed by atoms with Gasteiger partial charge in [0.25, 0.3) is 6.47 Å². The average Bonchev–Trinajstić information content (AvgIpc) is 3.32. The number of hydrogen-bond acceptors (Lipinski definition) is 5. The molecule has 3 amide bonds. The van der Waals surface area contributed by atoms with Crippen molar-refractivity contribution in [2.24, 2.45) is 5.92 Å². The van der Waals surface area contributed by atoms with E-state index in [1.807, 2.05) is 26.0 Å². The number of hydrogen-bond donors (Lipinski definition) is 4. The predicted molar refractivity (Wildman–Crippen MR) is 129 cm³/mol. The number of likely N-dealkylation sites (tertiary alicyclic amines) is 1. The van der Waals surface area contributed by atoms with Crippen LogP contribution in [0, 0.1) is 5.92 Å². The molecule has 1 aliphatic heterocycles. The topological polar surface area (TPSA) is 128 Å². The highest BCUT2D eigenvalue weighted by atomic mass is 16.3. The average molecular weight is 475 g/mol. The Labute approximate surface area is 201 Å². The molecule has 9 nitrogen and oxygen atoms in total. The van der Waals surface area contributed by atoms with Gasteiger partial charge in [-0.3, -0.25) is 19.2 Å². The Morgan fingerprint density at radius 3 is 2.44 bits per heavy atom. The summed E-state index contributed by atoms with van der Waals surface area (Å²) in [5.74, 6) is -0.554. The lowest BCUT2D eigenvalue weighted by Gasteiger charge is -2.33. The van der Waals surface area contributed by atoms with E-state index in [2.05, 4.69) is 28.1 Å². The monoisotopic (exact) mass is 474 g/mol. The maximum absolute atomic E-state index is 13.3. The molecule has 1 unspecified atom stereocenters. The second-order valence-electron chi connectivity index (χ2n) is 9.19. The van der Waals surface area contributed by atoms with Gasteiger partial charge in [-0.2, -0.15) is 0 Å². The van der Waals surface area contributed by atoms with E-state index in [4.69, 9.17) is 9.90 Å². The second-order valence-corrected chi connectivity index (χ2v) is 9.19. The van der Waals surface area contributed by atoms with E-state index in [-0.39, 0.29) is 36.2 Å². The Hall–Kier alpha value is -2.94. The molecule has 1 aliphatic carbocycles. The van der Waals surface area contributed by atoms with Crippen molar-refractivity contribution in [2.45, 2.75) is 77.0 Å². The van der Waals surface area contributed by atoms with Crippen molar-refractivity contribution in [1.82, 2.24) is 20.9 Å². The van der Waals surface area contributed by atoms with Crippen LogP contribution < -0.4 is 16.0 Å². The minimum Gasteiger partial charge on any atom is -0.483 e. The lowest BCUT2D eigenvalue weighted by molar-refractivity contribution is -0.142. The fraction of sp³-hybridized carbons (Fsp3) is 0.600. The van der Waals surface area contributed by atoms with Crippen molar-refractivity contribution in [3.05, 3.63) is 35.4 Å². The van der Waals surface area contributed by atoms with E-state index in [0.29, 0.717) is 13.0 Å². The van der Waals surface area contributed by atoms with Crippen LogP contribution in [0.2, 0.25) is 0 Å². The van der Waals surface area contributed by atoms with Crippen LogP contribution in [0.5, 0.6) is 0 Å². The molecule has 1 heterocycles. The predicted octanol–water partition coefficient (Wildman–Crippen LogP) is 1.62. The minimum absolute atomic E-state index is 0.00733. The van der Waals surface area contributed by atoms with E-state index in [1.54, 1.807) is 18.9 Å². The van der Waals surface area contributed by atoms with E-state index in [9.17, 15) is 14.4 Å². The van der Waals surface area contributed by atoms with Crippen molar-refractivity contribution in [1.29, 1.82) is 0 Å².